The maximum absolute atomic E-state index is 13.6. The fraction of sp³-hybridized carbons (Fsp3) is 0.444. The van der Waals surface area contributed by atoms with Crippen molar-refractivity contribution in [2.75, 3.05) is 18.1 Å². The molecule has 0 aromatic heterocycles. The molecule has 0 aliphatic carbocycles. The van der Waals surface area contributed by atoms with Gasteiger partial charge in [0.05, 0.1) is 59.1 Å². The smallest absolute Gasteiger partial charge is 0.417 e. The predicted octanol–water partition coefficient (Wildman–Crippen LogP) is 4.87. The summed E-state index contributed by atoms with van der Waals surface area (Å²) in [5.41, 5.74) is -3.81. The minimum atomic E-state index is -4.81. The number of amides is 2. The second-order valence-electron chi connectivity index (χ2n) is 9.79. The molecule has 10 heteroatoms. The second-order valence-corrected chi connectivity index (χ2v) is 9.79. The van der Waals surface area contributed by atoms with E-state index < -0.39 is 52.2 Å². The third kappa shape index (κ3) is 4.02. The molecule has 2 amide bonds. The van der Waals surface area contributed by atoms with E-state index in [1.165, 1.54) is 12.1 Å². The highest BCUT2D eigenvalue weighted by Crippen LogP contribution is 2.62. The molecule has 5 rings (SSSR count). The van der Waals surface area contributed by atoms with Crippen molar-refractivity contribution in [1.82, 2.24) is 0 Å². The molecule has 3 heterocycles. The van der Waals surface area contributed by atoms with E-state index in [4.69, 9.17) is 19.5 Å². The number of halogens is 3. The van der Waals surface area contributed by atoms with Crippen LogP contribution in [0.25, 0.3) is 0 Å². The Morgan fingerprint density at radius 1 is 1.05 bits per heavy atom. The molecule has 3 aliphatic rings. The van der Waals surface area contributed by atoms with Gasteiger partial charge in [0.15, 0.2) is 0 Å². The molecule has 0 spiro atoms. The highest BCUT2D eigenvalue weighted by Gasteiger charge is 2.73. The van der Waals surface area contributed by atoms with Gasteiger partial charge in [-0.25, -0.2) is 4.90 Å². The number of carbonyl (C=O) groups is 2. The Morgan fingerprint density at radius 3 is 2.32 bits per heavy atom. The number of benzene rings is 2. The number of nitriles is 1. The van der Waals surface area contributed by atoms with E-state index in [0.29, 0.717) is 43.4 Å². The van der Waals surface area contributed by atoms with Crippen LogP contribution in [-0.2, 0) is 20.5 Å². The number of hydrogen-bond acceptors (Lipinski definition) is 6. The molecule has 0 saturated carbocycles. The van der Waals surface area contributed by atoms with E-state index >= 15 is 0 Å². The average Bonchev–Trinajstić information content (AvgIpc) is 3.44. The summed E-state index contributed by atoms with van der Waals surface area (Å²) in [7, 11) is 0. The number of rotatable bonds is 7. The molecule has 4 atom stereocenters. The van der Waals surface area contributed by atoms with E-state index in [0.717, 1.165) is 11.0 Å². The van der Waals surface area contributed by atoms with Gasteiger partial charge in [-0.2, -0.15) is 18.4 Å². The van der Waals surface area contributed by atoms with Crippen molar-refractivity contribution < 1.29 is 37.0 Å². The molecular weight excluding hydrogens is 489 g/mol. The zero-order valence-corrected chi connectivity index (χ0v) is 20.3. The van der Waals surface area contributed by atoms with Crippen LogP contribution in [0.4, 0.5) is 18.9 Å². The van der Waals surface area contributed by atoms with E-state index in [9.17, 15) is 22.8 Å². The molecule has 3 aliphatic heterocycles. The van der Waals surface area contributed by atoms with Crippen LogP contribution >= 0.6 is 0 Å². The van der Waals surface area contributed by atoms with E-state index in [1.54, 1.807) is 31.2 Å². The first-order chi connectivity index (χ1) is 17.5. The summed E-state index contributed by atoms with van der Waals surface area (Å²) in [6.07, 6.45) is -3.39. The van der Waals surface area contributed by atoms with Gasteiger partial charge in [-0.05, 0) is 69.2 Å². The summed E-state index contributed by atoms with van der Waals surface area (Å²) in [6.45, 7) is 4.44. The van der Waals surface area contributed by atoms with Gasteiger partial charge in [0.2, 0.25) is 11.8 Å². The Balaban J connectivity index is 1.39. The quantitative estimate of drug-likeness (QED) is 0.490. The Hall–Kier alpha value is -3.58. The third-order valence-electron chi connectivity index (χ3n) is 7.63. The number of alkyl halides is 3. The molecule has 2 aromatic rings. The maximum atomic E-state index is 13.6. The molecule has 0 N–H and O–H groups in total. The van der Waals surface area contributed by atoms with Crippen LogP contribution in [0.1, 0.15) is 44.2 Å². The molecule has 2 bridgehead atoms. The summed E-state index contributed by atoms with van der Waals surface area (Å²) in [5.74, 6) is -1.46. The van der Waals surface area contributed by atoms with E-state index in [-0.39, 0.29) is 12.3 Å². The molecular formula is C27H25F3N2O5. The monoisotopic (exact) mass is 514 g/mol. The fourth-order valence-electron chi connectivity index (χ4n) is 6.01. The lowest BCUT2D eigenvalue weighted by atomic mass is 9.67. The first-order valence-electron chi connectivity index (χ1n) is 12.1. The van der Waals surface area contributed by atoms with Crippen LogP contribution < -0.4 is 14.4 Å². The number of ether oxygens (including phenoxy) is 3. The normalized spacial score (nSPS) is 28.4. The minimum absolute atomic E-state index is 0.195. The first kappa shape index (κ1) is 25.1. The molecule has 2 aromatic carbocycles. The van der Waals surface area contributed by atoms with Crippen molar-refractivity contribution in [3.8, 4) is 17.6 Å². The Kier molecular flexibility index (Phi) is 5.94. The van der Waals surface area contributed by atoms with Gasteiger partial charge in [-0.1, -0.05) is 0 Å². The van der Waals surface area contributed by atoms with Gasteiger partial charge < -0.3 is 14.2 Å². The maximum Gasteiger partial charge on any atom is 0.417 e. The Bertz CT molecular complexity index is 1290. The van der Waals surface area contributed by atoms with Crippen LogP contribution in [0.15, 0.2) is 42.5 Å². The van der Waals surface area contributed by atoms with Crippen molar-refractivity contribution in [3.05, 3.63) is 53.6 Å². The highest BCUT2D eigenvalue weighted by molar-refractivity contribution is 6.23. The van der Waals surface area contributed by atoms with Crippen molar-refractivity contribution in [2.24, 2.45) is 11.8 Å². The lowest BCUT2D eigenvalue weighted by Gasteiger charge is -2.31. The van der Waals surface area contributed by atoms with E-state index in [1.807, 2.05) is 6.92 Å². The molecule has 0 radical (unpaired) electrons. The Labute approximate surface area is 211 Å². The largest absolute Gasteiger partial charge is 0.494 e. The number of nitrogens with zero attached hydrogens (tertiary/aromatic N) is 2. The van der Waals surface area contributed by atoms with Crippen LogP contribution in [-0.4, -0.2) is 36.2 Å². The lowest BCUT2D eigenvalue weighted by Crippen LogP contribution is -2.43. The van der Waals surface area contributed by atoms with Crippen molar-refractivity contribution in [3.63, 3.8) is 0 Å². The van der Waals surface area contributed by atoms with Gasteiger partial charge in [0, 0.05) is 6.42 Å². The summed E-state index contributed by atoms with van der Waals surface area (Å²) in [4.78, 5) is 27.9. The molecule has 7 nitrogen and oxygen atoms in total. The predicted molar refractivity (Wildman–Crippen MR) is 125 cm³/mol. The van der Waals surface area contributed by atoms with Gasteiger partial charge >= 0.3 is 6.18 Å². The molecule has 37 heavy (non-hydrogen) atoms. The van der Waals surface area contributed by atoms with Gasteiger partial charge in [0.25, 0.3) is 0 Å². The van der Waals surface area contributed by atoms with Gasteiger partial charge in [-0.15, -0.1) is 0 Å². The fourth-order valence-corrected chi connectivity index (χ4v) is 6.01. The third-order valence-corrected chi connectivity index (χ3v) is 7.63. The van der Waals surface area contributed by atoms with Gasteiger partial charge in [-0.3, -0.25) is 9.59 Å². The summed E-state index contributed by atoms with van der Waals surface area (Å²) in [6, 6.07) is 11.5. The van der Waals surface area contributed by atoms with Crippen LogP contribution in [0.3, 0.4) is 0 Å². The molecule has 4 unspecified atom stereocenters. The summed E-state index contributed by atoms with van der Waals surface area (Å²) >= 11 is 0. The molecule has 3 saturated heterocycles. The van der Waals surface area contributed by atoms with Crippen molar-refractivity contribution in [2.45, 2.75) is 50.5 Å². The van der Waals surface area contributed by atoms with Gasteiger partial charge in [0.1, 0.15) is 11.5 Å². The SMILES string of the molecule is CCOc1ccc(OCCC23CCC(C)(O2)C2C(=O)N(c4ccc(C#N)c(C(F)(F)F)c4)C(=O)C23)cc1. The summed E-state index contributed by atoms with van der Waals surface area (Å²) in [5, 5.41) is 9.09. The van der Waals surface area contributed by atoms with Crippen LogP contribution in [0.5, 0.6) is 11.5 Å². The highest BCUT2D eigenvalue weighted by atomic mass is 19.4. The lowest BCUT2D eigenvalue weighted by molar-refractivity contribution is -0.138. The Morgan fingerprint density at radius 2 is 1.70 bits per heavy atom. The van der Waals surface area contributed by atoms with E-state index in [2.05, 4.69) is 0 Å². The van der Waals surface area contributed by atoms with Crippen molar-refractivity contribution in [1.29, 1.82) is 5.26 Å². The number of carbonyl (C=O) groups excluding carboxylic acids is 2. The molecule has 194 valence electrons. The zero-order chi connectivity index (χ0) is 26.6. The number of imide groups is 1. The molecule has 3 fully saturated rings. The minimum Gasteiger partial charge on any atom is -0.494 e. The van der Waals surface area contributed by atoms with Crippen molar-refractivity contribution >= 4 is 17.5 Å². The van der Waals surface area contributed by atoms with Crippen LogP contribution in [0, 0.1) is 23.2 Å². The summed E-state index contributed by atoms with van der Waals surface area (Å²) < 4.78 is 58.3. The number of anilines is 1. The zero-order valence-electron chi connectivity index (χ0n) is 20.3. The first-order valence-corrected chi connectivity index (χ1v) is 12.1. The standard InChI is InChI=1S/C27H25F3N2O5/c1-3-35-18-6-8-19(9-7-18)36-13-12-26-11-10-25(2,37-26)21-22(26)24(34)32(23(21)33)17-5-4-16(15-31)20(14-17)27(28,29)30/h4-9,14,21-22H,3,10-13H2,1-2H3. The average molecular weight is 515 g/mol. The topological polar surface area (TPSA) is 88.9 Å². The van der Waals surface area contributed by atoms with Crippen LogP contribution in [0.2, 0.25) is 0 Å². The second kappa shape index (κ2) is 8.77. The number of hydrogen-bond donors (Lipinski definition) is 0. The number of fused-ring (bicyclic) bond motifs is 5.